The molecule has 0 aliphatic rings. The monoisotopic (exact) mass is 381 g/mol. The van der Waals surface area contributed by atoms with Crippen LogP contribution in [-0.2, 0) is 6.18 Å². The predicted octanol–water partition coefficient (Wildman–Crippen LogP) is 4.25. The minimum atomic E-state index is -4.40. The number of hydrogen-bond acceptors (Lipinski definition) is 1. The first-order chi connectivity index (χ1) is 10.9. The number of hydrogen-bond donors (Lipinski definition) is 1. The van der Waals surface area contributed by atoms with Crippen LogP contribution in [-0.4, -0.2) is 12.5 Å². The predicted molar refractivity (Wildman–Crippen MR) is 84.8 cm³/mol. The summed E-state index contributed by atoms with van der Waals surface area (Å²) >= 11 is 3.27. The Labute approximate surface area is 139 Å². The fourth-order valence-corrected chi connectivity index (χ4v) is 2.18. The van der Waals surface area contributed by atoms with Crippen LogP contribution in [0.5, 0.6) is 0 Å². The van der Waals surface area contributed by atoms with Gasteiger partial charge >= 0.3 is 6.18 Å². The van der Waals surface area contributed by atoms with E-state index in [-0.39, 0.29) is 18.0 Å². The quantitative estimate of drug-likeness (QED) is 0.774. The number of rotatable bonds is 2. The van der Waals surface area contributed by atoms with Crippen LogP contribution in [0.25, 0.3) is 0 Å². The molecule has 0 aliphatic carbocycles. The maximum Gasteiger partial charge on any atom is 0.416 e. The van der Waals surface area contributed by atoms with Crippen molar-refractivity contribution in [3.8, 4) is 11.8 Å². The Balaban J connectivity index is 1.97. The molecule has 6 heteroatoms. The molecular weight excluding hydrogens is 371 g/mol. The highest BCUT2D eigenvalue weighted by molar-refractivity contribution is 9.10. The van der Waals surface area contributed by atoms with Crippen LogP contribution in [0.1, 0.15) is 21.5 Å². The van der Waals surface area contributed by atoms with Crippen LogP contribution in [0.2, 0.25) is 0 Å². The molecule has 0 fully saturated rings. The first-order valence-electron chi connectivity index (χ1n) is 6.56. The number of carbonyl (C=O) groups excluding carboxylic acids is 1. The third kappa shape index (κ3) is 5.15. The minimum Gasteiger partial charge on any atom is -0.341 e. The molecule has 118 valence electrons. The maximum absolute atomic E-state index is 12.6. The largest absolute Gasteiger partial charge is 0.416 e. The standard InChI is InChI=1S/C17H11BrF3NO/c18-15-8-2-6-13(11-15)16(23)22-9-3-5-12-4-1-7-14(10-12)17(19,20)21/h1-2,4,6-8,10-11H,9H2,(H,22,23). The van der Waals surface area contributed by atoms with E-state index < -0.39 is 11.7 Å². The summed E-state index contributed by atoms with van der Waals surface area (Å²) in [6, 6.07) is 11.6. The molecule has 1 amide bonds. The number of halogens is 4. The molecule has 2 aromatic rings. The molecule has 0 aromatic heterocycles. The van der Waals surface area contributed by atoms with Crippen LogP contribution in [0.3, 0.4) is 0 Å². The zero-order valence-corrected chi connectivity index (χ0v) is 13.3. The van der Waals surface area contributed by atoms with E-state index in [0.29, 0.717) is 5.56 Å². The maximum atomic E-state index is 12.6. The highest BCUT2D eigenvalue weighted by Gasteiger charge is 2.30. The van der Waals surface area contributed by atoms with Gasteiger partial charge in [-0.05, 0) is 36.4 Å². The van der Waals surface area contributed by atoms with Crippen molar-refractivity contribution < 1.29 is 18.0 Å². The van der Waals surface area contributed by atoms with Gasteiger partial charge in [0.05, 0.1) is 12.1 Å². The van der Waals surface area contributed by atoms with Crippen LogP contribution >= 0.6 is 15.9 Å². The molecule has 23 heavy (non-hydrogen) atoms. The summed E-state index contributed by atoms with van der Waals surface area (Å²) < 4.78 is 38.5. The van der Waals surface area contributed by atoms with Crippen LogP contribution in [0.4, 0.5) is 13.2 Å². The summed E-state index contributed by atoms with van der Waals surface area (Å²) in [7, 11) is 0. The van der Waals surface area contributed by atoms with Gasteiger partial charge in [-0.1, -0.05) is 39.9 Å². The highest BCUT2D eigenvalue weighted by atomic mass is 79.9. The van der Waals surface area contributed by atoms with Crippen molar-refractivity contribution in [1.82, 2.24) is 5.32 Å². The second-order valence-corrected chi connectivity index (χ2v) is 5.49. The number of amides is 1. The van der Waals surface area contributed by atoms with Gasteiger partial charge in [-0.15, -0.1) is 0 Å². The van der Waals surface area contributed by atoms with Crippen molar-refractivity contribution in [2.24, 2.45) is 0 Å². The van der Waals surface area contributed by atoms with Crippen LogP contribution in [0, 0.1) is 11.8 Å². The van der Waals surface area contributed by atoms with Crippen molar-refractivity contribution in [2.75, 3.05) is 6.54 Å². The molecule has 0 saturated heterocycles. The lowest BCUT2D eigenvalue weighted by molar-refractivity contribution is -0.137. The topological polar surface area (TPSA) is 29.1 Å². The van der Waals surface area contributed by atoms with Gasteiger partial charge in [-0.3, -0.25) is 4.79 Å². The summed E-state index contributed by atoms with van der Waals surface area (Å²) in [5, 5.41) is 2.59. The zero-order valence-electron chi connectivity index (χ0n) is 11.7. The van der Waals surface area contributed by atoms with E-state index >= 15 is 0 Å². The van der Waals surface area contributed by atoms with Gasteiger partial charge in [0.25, 0.3) is 5.91 Å². The van der Waals surface area contributed by atoms with Crippen molar-refractivity contribution in [2.45, 2.75) is 6.18 Å². The first kappa shape index (κ1) is 17.1. The molecule has 0 radical (unpaired) electrons. The Morgan fingerprint density at radius 1 is 1.13 bits per heavy atom. The number of carbonyl (C=O) groups is 1. The summed E-state index contributed by atoms with van der Waals surface area (Å²) in [4.78, 5) is 11.8. The van der Waals surface area contributed by atoms with Gasteiger partial charge in [-0.2, -0.15) is 13.2 Å². The van der Waals surface area contributed by atoms with Crippen LogP contribution in [0.15, 0.2) is 53.0 Å². The Hall–Kier alpha value is -2.26. The van der Waals surface area contributed by atoms with Crippen molar-refractivity contribution in [3.63, 3.8) is 0 Å². The molecule has 0 saturated carbocycles. The highest BCUT2D eigenvalue weighted by Crippen LogP contribution is 2.29. The number of benzene rings is 2. The molecule has 0 bridgehead atoms. The first-order valence-corrected chi connectivity index (χ1v) is 7.35. The van der Waals surface area contributed by atoms with E-state index in [1.165, 1.54) is 12.1 Å². The lowest BCUT2D eigenvalue weighted by Crippen LogP contribution is -2.23. The van der Waals surface area contributed by atoms with E-state index in [0.717, 1.165) is 16.6 Å². The van der Waals surface area contributed by atoms with Gasteiger partial charge in [0, 0.05) is 15.6 Å². The second kappa shape index (κ2) is 7.34. The molecule has 2 aromatic carbocycles. The summed E-state index contributed by atoms with van der Waals surface area (Å²) in [5.41, 5.74) is -0.0285. The van der Waals surface area contributed by atoms with Gasteiger partial charge < -0.3 is 5.32 Å². The van der Waals surface area contributed by atoms with Crippen LogP contribution < -0.4 is 5.32 Å². The number of nitrogens with one attached hydrogen (secondary N) is 1. The normalized spacial score (nSPS) is 10.6. The van der Waals surface area contributed by atoms with Crippen molar-refractivity contribution in [1.29, 1.82) is 0 Å². The lowest BCUT2D eigenvalue weighted by Gasteiger charge is -2.05. The Morgan fingerprint density at radius 3 is 2.57 bits per heavy atom. The van der Waals surface area contributed by atoms with E-state index in [4.69, 9.17) is 0 Å². The average Bonchev–Trinajstić information content (AvgIpc) is 2.51. The summed E-state index contributed by atoms with van der Waals surface area (Å²) in [5.74, 6) is 4.93. The van der Waals surface area contributed by atoms with Crippen molar-refractivity contribution in [3.05, 3.63) is 69.7 Å². The molecular formula is C17H11BrF3NO. The Kier molecular flexibility index (Phi) is 5.45. The van der Waals surface area contributed by atoms with Crippen molar-refractivity contribution >= 4 is 21.8 Å². The molecule has 0 spiro atoms. The fourth-order valence-electron chi connectivity index (χ4n) is 1.78. The molecule has 1 N–H and O–H groups in total. The average molecular weight is 382 g/mol. The SMILES string of the molecule is O=C(NCC#Cc1cccc(C(F)(F)F)c1)c1cccc(Br)c1. The molecule has 2 rings (SSSR count). The van der Waals surface area contributed by atoms with E-state index in [2.05, 4.69) is 33.1 Å². The van der Waals surface area contributed by atoms with E-state index in [1.807, 2.05) is 0 Å². The molecule has 2 nitrogen and oxygen atoms in total. The van der Waals surface area contributed by atoms with Gasteiger partial charge in [-0.25, -0.2) is 0 Å². The zero-order chi connectivity index (χ0) is 16.9. The smallest absolute Gasteiger partial charge is 0.341 e. The van der Waals surface area contributed by atoms with Gasteiger partial charge in [0.1, 0.15) is 0 Å². The summed E-state index contributed by atoms with van der Waals surface area (Å²) in [6.07, 6.45) is -4.40. The molecule has 0 unspecified atom stereocenters. The fraction of sp³-hybridized carbons (Fsp3) is 0.118. The lowest BCUT2D eigenvalue weighted by atomic mass is 10.1. The minimum absolute atomic E-state index is 0.0432. The third-order valence-corrected chi connectivity index (χ3v) is 3.34. The Bertz CT molecular complexity index is 775. The van der Waals surface area contributed by atoms with E-state index in [1.54, 1.807) is 24.3 Å². The summed E-state index contributed by atoms with van der Waals surface area (Å²) in [6.45, 7) is 0.0432. The van der Waals surface area contributed by atoms with Gasteiger partial charge in [0.15, 0.2) is 0 Å². The number of alkyl halides is 3. The Morgan fingerprint density at radius 2 is 1.87 bits per heavy atom. The molecule has 0 heterocycles. The third-order valence-electron chi connectivity index (χ3n) is 2.85. The van der Waals surface area contributed by atoms with Gasteiger partial charge in [0.2, 0.25) is 0 Å². The molecule has 0 atom stereocenters. The molecule has 0 aliphatic heterocycles. The second-order valence-electron chi connectivity index (χ2n) is 4.57. The van der Waals surface area contributed by atoms with E-state index in [9.17, 15) is 18.0 Å².